The van der Waals surface area contributed by atoms with Crippen LogP contribution in [-0.4, -0.2) is 17.2 Å². The number of amides is 1. The number of ketones is 1. The molecule has 0 aromatic heterocycles. The van der Waals surface area contributed by atoms with Gasteiger partial charge >= 0.3 is 0 Å². The summed E-state index contributed by atoms with van der Waals surface area (Å²) in [7, 11) is 0. The first-order valence-corrected chi connectivity index (χ1v) is 4.40. The minimum absolute atomic E-state index is 0.121. The van der Waals surface area contributed by atoms with E-state index in [0.29, 0.717) is 19.3 Å². The first-order chi connectivity index (χ1) is 5.83. The average Bonchev–Trinajstić information content (AvgIpc) is 1.98. The summed E-state index contributed by atoms with van der Waals surface area (Å²) in [5, 5.41) is 0. The molecule has 0 spiro atoms. The molecule has 0 aromatic carbocycles. The highest BCUT2D eigenvalue weighted by Crippen LogP contribution is 2.15. The van der Waals surface area contributed by atoms with Crippen LogP contribution in [0.15, 0.2) is 0 Å². The monoisotopic (exact) mass is 186 g/mol. The van der Waals surface area contributed by atoms with Crippen LogP contribution in [0.3, 0.4) is 0 Å². The Balaban J connectivity index is 3.79. The van der Waals surface area contributed by atoms with Gasteiger partial charge in [-0.3, -0.25) is 4.79 Å². The number of carbonyl (C=O) groups excluding carboxylic acids is 2. The lowest BCUT2D eigenvalue weighted by atomic mass is 9.91. The van der Waals surface area contributed by atoms with E-state index in [1.807, 2.05) is 6.92 Å². The third-order valence-corrected chi connectivity index (χ3v) is 1.99. The van der Waals surface area contributed by atoms with E-state index in [2.05, 4.69) is 0 Å². The molecule has 0 saturated carbocycles. The summed E-state index contributed by atoms with van der Waals surface area (Å²) in [6, 6.07) is 0. The Morgan fingerprint density at radius 1 is 1.23 bits per heavy atom. The summed E-state index contributed by atoms with van der Waals surface area (Å²) in [4.78, 5) is 21.2. The molecule has 0 radical (unpaired) electrons. The van der Waals surface area contributed by atoms with Gasteiger partial charge in [0, 0.05) is 18.4 Å². The molecule has 76 valence electrons. The van der Waals surface area contributed by atoms with Gasteiger partial charge in [0.25, 0.3) is 0 Å². The fourth-order valence-electron chi connectivity index (χ4n) is 0.995. The van der Waals surface area contributed by atoms with E-state index in [0.717, 1.165) is 0 Å². The molecule has 4 N–H and O–H groups in total. The quantitative estimate of drug-likeness (QED) is 0.627. The van der Waals surface area contributed by atoms with Gasteiger partial charge < -0.3 is 16.3 Å². The van der Waals surface area contributed by atoms with Gasteiger partial charge in [-0.1, -0.05) is 0 Å². The van der Waals surface area contributed by atoms with Crippen LogP contribution in [0.25, 0.3) is 0 Å². The molecule has 0 aliphatic rings. The smallest absolute Gasteiger partial charge is 0.217 e. The summed E-state index contributed by atoms with van der Waals surface area (Å²) in [6.07, 6.45) is 1.89. The maximum atomic E-state index is 10.7. The maximum Gasteiger partial charge on any atom is 0.217 e. The van der Waals surface area contributed by atoms with Crippen molar-refractivity contribution in [3.8, 4) is 0 Å². The second kappa shape index (κ2) is 4.97. The Kier molecular flexibility index (Phi) is 4.62. The Hall–Kier alpha value is -0.900. The van der Waals surface area contributed by atoms with Crippen molar-refractivity contribution in [1.82, 2.24) is 0 Å². The molecule has 13 heavy (non-hydrogen) atoms. The van der Waals surface area contributed by atoms with Crippen LogP contribution in [0, 0.1) is 0 Å². The van der Waals surface area contributed by atoms with Crippen molar-refractivity contribution in [2.24, 2.45) is 11.5 Å². The van der Waals surface area contributed by atoms with Crippen LogP contribution >= 0.6 is 0 Å². The van der Waals surface area contributed by atoms with Crippen molar-refractivity contribution < 1.29 is 9.59 Å². The average molecular weight is 186 g/mol. The summed E-state index contributed by atoms with van der Waals surface area (Å²) < 4.78 is 0. The third-order valence-electron chi connectivity index (χ3n) is 1.99. The lowest BCUT2D eigenvalue weighted by Crippen LogP contribution is -2.37. The molecule has 0 fully saturated rings. The summed E-state index contributed by atoms with van der Waals surface area (Å²) in [5.74, 6) is -0.227. The highest BCUT2D eigenvalue weighted by molar-refractivity contribution is 5.75. The second-order valence-corrected chi connectivity index (χ2v) is 3.82. The zero-order valence-corrected chi connectivity index (χ0v) is 8.30. The van der Waals surface area contributed by atoms with Crippen molar-refractivity contribution >= 4 is 11.7 Å². The lowest BCUT2D eigenvalue weighted by Gasteiger charge is -2.23. The molecule has 0 aliphatic heterocycles. The van der Waals surface area contributed by atoms with E-state index < -0.39 is 5.54 Å². The SMILES string of the molecule is CC(=O)CCC(C)(N)CCC(N)=O. The van der Waals surface area contributed by atoms with Gasteiger partial charge in [-0.15, -0.1) is 0 Å². The standard InChI is InChI=1S/C9H18N2O2/c1-7(12)3-5-9(2,11)6-4-8(10)13/h3-6,11H2,1-2H3,(H2,10,13). The fourth-order valence-corrected chi connectivity index (χ4v) is 0.995. The molecule has 0 aromatic rings. The molecule has 4 heteroatoms. The van der Waals surface area contributed by atoms with Crippen LogP contribution in [0.2, 0.25) is 0 Å². The lowest BCUT2D eigenvalue weighted by molar-refractivity contribution is -0.118. The molecule has 0 saturated heterocycles. The molecule has 0 heterocycles. The Labute approximate surface area is 78.7 Å². The summed E-state index contributed by atoms with van der Waals surface area (Å²) in [6.45, 7) is 3.36. The third kappa shape index (κ3) is 7.46. The number of hydrogen-bond donors (Lipinski definition) is 2. The topological polar surface area (TPSA) is 86.2 Å². The van der Waals surface area contributed by atoms with Crippen molar-refractivity contribution in [2.45, 2.75) is 45.1 Å². The Morgan fingerprint density at radius 3 is 2.08 bits per heavy atom. The number of rotatable bonds is 6. The van der Waals surface area contributed by atoms with Crippen molar-refractivity contribution in [2.75, 3.05) is 0 Å². The normalized spacial score (nSPS) is 15.0. The van der Waals surface area contributed by atoms with Crippen LogP contribution in [0.4, 0.5) is 0 Å². The van der Waals surface area contributed by atoms with E-state index in [1.165, 1.54) is 6.92 Å². The number of Topliss-reactive ketones (excluding diaryl/α,β-unsaturated/α-hetero) is 1. The number of primary amides is 1. The maximum absolute atomic E-state index is 10.7. The van der Waals surface area contributed by atoms with Crippen LogP contribution in [-0.2, 0) is 9.59 Å². The van der Waals surface area contributed by atoms with Gasteiger partial charge in [0.1, 0.15) is 5.78 Å². The molecule has 1 amide bonds. The van der Waals surface area contributed by atoms with E-state index >= 15 is 0 Å². The molecular formula is C9H18N2O2. The van der Waals surface area contributed by atoms with Gasteiger partial charge in [0.15, 0.2) is 0 Å². The molecule has 1 unspecified atom stereocenters. The van der Waals surface area contributed by atoms with Crippen LogP contribution < -0.4 is 11.5 Å². The van der Waals surface area contributed by atoms with E-state index in [4.69, 9.17) is 11.5 Å². The van der Waals surface area contributed by atoms with Crippen LogP contribution in [0.1, 0.15) is 39.5 Å². The van der Waals surface area contributed by atoms with Gasteiger partial charge in [-0.25, -0.2) is 0 Å². The molecular weight excluding hydrogens is 168 g/mol. The molecule has 4 nitrogen and oxygen atoms in total. The second-order valence-electron chi connectivity index (χ2n) is 3.82. The van der Waals surface area contributed by atoms with E-state index in [9.17, 15) is 9.59 Å². The minimum Gasteiger partial charge on any atom is -0.370 e. The zero-order valence-electron chi connectivity index (χ0n) is 8.30. The summed E-state index contributed by atoms with van der Waals surface area (Å²) in [5.41, 5.74) is 10.4. The highest BCUT2D eigenvalue weighted by Gasteiger charge is 2.19. The largest absolute Gasteiger partial charge is 0.370 e. The van der Waals surface area contributed by atoms with Gasteiger partial charge in [-0.2, -0.15) is 0 Å². The zero-order chi connectivity index (χ0) is 10.5. The first kappa shape index (κ1) is 12.1. The fraction of sp³-hybridized carbons (Fsp3) is 0.778. The molecule has 0 rings (SSSR count). The highest BCUT2D eigenvalue weighted by atomic mass is 16.1. The van der Waals surface area contributed by atoms with Crippen molar-refractivity contribution in [3.63, 3.8) is 0 Å². The van der Waals surface area contributed by atoms with Crippen molar-refractivity contribution in [1.29, 1.82) is 0 Å². The van der Waals surface area contributed by atoms with Gasteiger partial charge in [0.2, 0.25) is 5.91 Å². The predicted octanol–water partition coefficient (Wildman–Crippen LogP) is 0.338. The first-order valence-electron chi connectivity index (χ1n) is 4.40. The Morgan fingerprint density at radius 2 is 1.69 bits per heavy atom. The molecule has 0 aliphatic carbocycles. The van der Waals surface area contributed by atoms with E-state index in [-0.39, 0.29) is 18.1 Å². The number of hydrogen-bond acceptors (Lipinski definition) is 3. The minimum atomic E-state index is -0.458. The summed E-state index contributed by atoms with van der Waals surface area (Å²) >= 11 is 0. The predicted molar refractivity (Wildman–Crippen MR) is 50.9 cm³/mol. The van der Waals surface area contributed by atoms with Crippen LogP contribution in [0.5, 0.6) is 0 Å². The van der Waals surface area contributed by atoms with Crippen molar-refractivity contribution in [3.05, 3.63) is 0 Å². The van der Waals surface area contributed by atoms with Gasteiger partial charge in [-0.05, 0) is 26.7 Å². The molecule has 1 atom stereocenters. The number of nitrogens with two attached hydrogens (primary N) is 2. The van der Waals surface area contributed by atoms with E-state index in [1.54, 1.807) is 0 Å². The Bertz CT molecular complexity index is 180. The van der Waals surface area contributed by atoms with Gasteiger partial charge in [0.05, 0.1) is 0 Å². The number of carbonyl (C=O) groups is 2. The molecule has 0 bridgehead atoms.